The first-order valence-electron chi connectivity index (χ1n) is 9.05. The second-order valence-electron chi connectivity index (χ2n) is 8.10. The van der Waals surface area contributed by atoms with E-state index in [-0.39, 0.29) is 5.41 Å². The van der Waals surface area contributed by atoms with Crippen LogP contribution >= 0.6 is 0 Å². The fourth-order valence-electron chi connectivity index (χ4n) is 6.07. The molecule has 3 aliphatic carbocycles. The van der Waals surface area contributed by atoms with Crippen LogP contribution in [-0.4, -0.2) is 17.8 Å². The molecule has 124 valence electrons. The largest absolute Gasteiger partial charge is 0.497 e. The molecule has 1 N–H and O–H groups in total. The van der Waals surface area contributed by atoms with E-state index >= 15 is 0 Å². The fourth-order valence-corrected chi connectivity index (χ4v) is 6.07. The van der Waals surface area contributed by atoms with Crippen LogP contribution < -0.4 is 4.74 Å². The van der Waals surface area contributed by atoms with Crippen molar-refractivity contribution in [3.8, 4) is 5.75 Å². The summed E-state index contributed by atoms with van der Waals surface area (Å²) in [6.07, 6.45) is 8.54. The highest BCUT2D eigenvalue weighted by molar-refractivity contribution is 5.41. The molecule has 0 bridgehead atoms. The molecule has 0 radical (unpaired) electrons. The summed E-state index contributed by atoms with van der Waals surface area (Å²) in [6.45, 7) is 6.26. The first-order valence-corrected chi connectivity index (χ1v) is 9.05. The summed E-state index contributed by atoms with van der Waals surface area (Å²) in [6, 6.07) is 6.64. The van der Waals surface area contributed by atoms with Crippen molar-refractivity contribution < 1.29 is 9.84 Å². The number of aliphatic hydroxyl groups is 1. The van der Waals surface area contributed by atoms with Crippen molar-refractivity contribution >= 4 is 0 Å². The molecule has 4 rings (SSSR count). The minimum atomic E-state index is -0.664. The maximum atomic E-state index is 11.1. The third-order valence-electron chi connectivity index (χ3n) is 7.49. The van der Waals surface area contributed by atoms with Crippen molar-refractivity contribution in [3.63, 3.8) is 0 Å². The van der Waals surface area contributed by atoms with Crippen LogP contribution in [0, 0.1) is 17.3 Å². The molecule has 0 heterocycles. The van der Waals surface area contributed by atoms with Crippen molar-refractivity contribution in [1.29, 1.82) is 0 Å². The number of rotatable bonds is 2. The van der Waals surface area contributed by atoms with Gasteiger partial charge in [0.25, 0.3) is 0 Å². The van der Waals surface area contributed by atoms with Gasteiger partial charge in [-0.15, -0.1) is 6.58 Å². The summed E-state index contributed by atoms with van der Waals surface area (Å²) in [5.74, 6) is 2.97. The molecule has 0 spiro atoms. The summed E-state index contributed by atoms with van der Waals surface area (Å²) >= 11 is 0. The number of benzene rings is 1. The Balaban J connectivity index is 1.69. The molecular formula is C21H28O2. The van der Waals surface area contributed by atoms with Gasteiger partial charge in [0.2, 0.25) is 0 Å². The van der Waals surface area contributed by atoms with Crippen molar-refractivity contribution in [1.82, 2.24) is 0 Å². The number of aryl methyl sites for hydroxylation is 1. The van der Waals surface area contributed by atoms with Crippen LogP contribution in [0.1, 0.15) is 56.1 Å². The van der Waals surface area contributed by atoms with Crippen LogP contribution in [0.25, 0.3) is 0 Å². The zero-order chi connectivity index (χ0) is 16.2. The first kappa shape index (κ1) is 15.3. The van der Waals surface area contributed by atoms with Gasteiger partial charge in [0.1, 0.15) is 5.75 Å². The number of hydrogen-bond acceptors (Lipinski definition) is 2. The van der Waals surface area contributed by atoms with Crippen LogP contribution in [0.3, 0.4) is 0 Å². The number of methoxy groups -OCH3 is 1. The molecule has 1 aromatic carbocycles. The van der Waals surface area contributed by atoms with Gasteiger partial charge in [0.05, 0.1) is 12.7 Å². The Morgan fingerprint density at radius 2 is 2.09 bits per heavy atom. The summed E-state index contributed by atoms with van der Waals surface area (Å²) in [7, 11) is 1.74. The lowest BCUT2D eigenvalue weighted by molar-refractivity contribution is -0.0707. The molecule has 2 heteroatoms. The van der Waals surface area contributed by atoms with Gasteiger partial charge < -0.3 is 9.84 Å². The van der Waals surface area contributed by atoms with Gasteiger partial charge in [0.15, 0.2) is 0 Å². The lowest BCUT2D eigenvalue weighted by Gasteiger charge is -2.52. The molecule has 23 heavy (non-hydrogen) atoms. The molecular weight excluding hydrogens is 284 g/mol. The van der Waals surface area contributed by atoms with E-state index in [4.69, 9.17) is 4.74 Å². The van der Waals surface area contributed by atoms with Crippen molar-refractivity contribution in [2.24, 2.45) is 17.3 Å². The fraction of sp³-hybridized carbons (Fsp3) is 0.619. The van der Waals surface area contributed by atoms with E-state index in [1.807, 2.05) is 6.08 Å². The predicted octanol–water partition coefficient (Wildman–Crippen LogP) is 4.47. The molecule has 0 unspecified atom stereocenters. The van der Waals surface area contributed by atoms with E-state index in [1.165, 1.54) is 24.0 Å². The average molecular weight is 312 g/mol. The maximum Gasteiger partial charge on any atom is 0.119 e. The van der Waals surface area contributed by atoms with Crippen LogP contribution in [0.5, 0.6) is 5.75 Å². The van der Waals surface area contributed by atoms with Gasteiger partial charge in [-0.2, -0.15) is 0 Å². The van der Waals surface area contributed by atoms with Crippen LogP contribution in [-0.2, 0) is 6.42 Å². The summed E-state index contributed by atoms with van der Waals surface area (Å²) in [5.41, 5.74) is 2.37. The maximum absolute atomic E-state index is 11.1. The van der Waals surface area contributed by atoms with Crippen LogP contribution in [0.15, 0.2) is 30.9 Å². The average Bonchev–Trinajstić information content (AvgIpc) is 2.86. The zero-order valence-electron chi connectivity index (χ0n) is 14.3. The predicted molar refractivity (Wildman–Crippen MR) is 92.8 cm³/mol. The lowest BCUT2D eigenvalue weighted by atomic mass is 9.53. The molecule has 2 nitrogen and oxygen atoms in total. The van der Waals surface area contributed by atoms with Gasteiger partial charge in [0, 0.05) is 5.41 Å². The molecule has 0 saturated heterocycles. The minimum Gasteiger partial charge on any atom is -0.497 e. The minimum absolute atomic E-state index is 0.0138. The number of fused-ring (bicyclic) bond motifs is 5. The second-order valence-corrected chi connectivity index (χ2v) is 8.10. The normalized spacial score (nSPS) is 41.6. The molecule has 1 aromatic rings. The quantitative estimate of drug-likeness (QED) is 0.817. The topological polar surface area (TPSA) is 29.5 Å². The monoisotopic (exact) mass is 312 g/mol. The lowest BCUT2D eigenvalue weighted by Crippen LogP contribution is -2.49. The standard InChI is InChI=1S/C21H28O2/c1-4-21(22)12-10-19-18-7-5-14-13-15(23-3)6-8-16(14)17(18)9-11-20(19,21)2/h4,6,8,13,17-19,22H,1,5,7,9-12H2,2-3H3/t17-,18-,19+,20+,21+/m1/s1. The molecule has 2 saturated carbocycles. The Kier molecular flexibility index (Phi) is 3.39. The highest BCUT2D eigenvalue weighted by atomic mass is 16.5. The molecule has 2 fully saturated rings. The van der Waals surface area contributed by atoms with E-state index < -0.39 is 5.60 Å². The van der Waals surface area contributed by atoms with E-state index in [1.54, 1.807) is 7.11 Å². The number of ether oxygens (including phenoxy) is 1. The molecule has 3 aliphatic rings. The van der Waals surface area contributed by atoms with Crippen molar-refractivity contribution in [3.05, 3.63) is 42.0 Å². The van der Waals surface area contributed by atoms with Crippen LogP contribution in [0.4, 0.5) is 0 Å². The molecule has 5 atom stereocenters. The molecule has 0 amide bonds. The Morgan fingerprint density at radius 3 is 2.83 bits per heavy atom. The van der Waals surface area contributed by atoms with E-state index in [0.29, 0.717) is 17.8 Å². The molecule has 0 aromatic heterocycles. The van der Waals surface area contributed by atoms with Gasteiger partial charge in [-0.05, 0) is 79.5 Å². The van der Waals surface area contributed by atoms with Crippen molar-refractivity contribution in [2.45, 2.75) is 57.0 Å². The van der Waals surface area contributed by atoms with Gasteiger partial charge in [-0.25, -0.2) is 0 Å². The zero-order valence-corrected chi connectivity index (χ0v) is 14.3. The Hall–Kier alpha value is -1.28. The summed E-state index contributed by atoms with van der Waals surface area (Å²) < 4.78 is 5.40. The molecule has 0 aliphatic heterocycles. The Labute approximate surface area is 139 Å². The SMILES string of the molecule is C=C[C@]1(O)CC[C@H]2[C@@H]3CCc4cc(OC)ccc4[C@H]3CC[C@@]21C. The smallest absolute Gasteiger partial charge is 0.119 e. The van der Waals surface area contributed by atoms with Crippen LogP contribution in [0.2, 0.25) is 0 Å². The third kappa shape index (κ3) is 1.97. The van der Waals surface area contributed by atoms with Gasteiger partial charge in [-0.3, -0.25) is 0 Å². The van der Waals surface area contributed by atoms with Crippen molar-refractivity contribution in [2.75, 3.05) is 7.11 Å². The van der Waals surface area contributed by atoms with E-state index in [2.05, 4.69) is 31.7 Å². The summed E-state index contributed by atoms with van der Waals surface area (Å²) in [4.78, 5) is 0. The third-order valence-corrected chi connectivity index (χ3v) is 7.49. The Morgan fingerprint density at radius 1 is 1.26 bits per heavy atom. The van der Waals surface area contributed by atoms with Gasteiger partial charge in [-0.1, -0.05) is 19.1 Å². The van der Waals surface area contributed by atoms with Gasteiger partial charge >= 0.3 is 0 Å². The highest BCUT2D eigenvalue weighted by Crippen LogP contribution is 2.64. The van der Waals surface area contributed by atoms with E-state index in [0.717, 1.165) is 31.4 Å². The first-order chi connectivity index (χ1) is 11.0. The second kappa shape index (κ2) is 5.11. The Bertz CT molecular complexity index is 637. The number of hydrogen-bond donors (Lipinski definition) is 1. The van der Waals surface area contributed by atoms with E-state index in [9.17, 15) is 5.11 Å². The highest BCUT2D eigenvalue weighted by Gasteiger charge is 2.60. The summed E-state index contributed by atoms with van der Waals surface area (Å²) in [5, 5.41) is 11.1.